The van der Waals surface area contributed by atoms with Crippen molar-refractivity contribution in [1.82, 2.24) is 14.9 Å². The number of hydrogen-bond donors (Lipinski definition) is 2. The van der Waals surface area contributed by atoms with Crippen LogP contribution in [0, 0.1) is 6.92 Å². The average molecular weight is 282 g/mol. The van der Waals surface area contributed by atoms with Crippen LogP contribution < -0.4 is 11.1 Å². The number of nitrogens with two attached hydrogens (primary N) is 1. The van der Waals surface area contributed by atoms with Crippen molar-refractivity contribution in [3.05, 3.63) is 11.5 Å². The fourth-order valence-corrected chi connectivity index (χ4v) is 1.82. The van der Waals surface area contributed by atoms with Gasteiger partial charge in [0.1, 0.15) is 11.6 Å². The van der Waals surface area contributed by atoms with Crippen molar-refractivity contribution in [1.29, 1.82) is 0 Å². The lowest BCUT2D eigenvalue weighted by molar-refractivity contribution is -0.121. The summed E-state index contributed by atoms with van der Waals surface area (Å²) in [5, 5.41) is 2.80. The minimum absolute atomic E-state index is 0.0646. The lowest BCUT2D eigenvalue weighted by Gasteiger charge is -2.10. The summed E-state index contributed by atoms with van der Waals surface area (Å²) in [6.45, 7) is 7.89. The molecule has 1 amide bonds. The van der Waals surface area contributed by atoms with Crippen LogP contribution in [0.15, 0.2) is 0 Å². The van der Waals surface area contributed by atoms with E-state index in [0.717, 1.165) is 0 Å². The van der Waals surface area contributed by atoms with Crippen LogP contribution in [0.2, 0.25) is 0 Å². The van der Waals surface area contributed by atoms with Gasteiger partial charge in [0.2, 0.25) is 5.91 Å². The highest BCUT2D eigenvalue weighted by molar-refractivity contribution is 5.92. The summed E-state index contributed by atoms with van der Waals surface area (Å²) < 4.78 is 6.53. The van der Waals surface area contributed by atoms with Crippen LogP contribution in [-0.2, 0) is 16.1 Å². The van der Waals surface area contributed by atoms with Gasteiger partial charge < -0.3 is 20.4 Å². The number of imidazole rings is 1. The molecule has 112 valence electrons. The van der Waals surface area contributed by atoms with Gasteiger partial charge in [-0.2, -0.15) is 0 Å². The first-order chi connectivity index (χ1) is 9.36. The third-order valence-corrected chi connectivity index (χ3v) is 2.68. The standard InChI is InChI=1S/C13H22N4O3/c1-5-20-13(19)11-12(14)17(9(4)16-11)7-6-10(18)15-8(2)3/h8H,5-7,14H2,1-4H3,(H,15,18). The molecule has 1 aromatic heterocycles. The summed E-state index contributed by atoms with van der Waals surface area (Å²) in [5.74, 6) is 0.213. The summed E-state index contributed by atoms with van der Waals surface area (Å²) in [6.07, 6.45) is 0.280. The molecule has 3 N–H and O–H groups in total. The van der Waals surface area contributed by atoms with Crippen LogP contribution >= 0.6 is 0 Å². The van der Waals surface area contributed by atoms with Gasteiger partial charge in [0.15, 0.2) is 5.69 Å². The number of carbonyl (C=O) groups is 2. The van der Waals surface area contributed by atoms with E-state index < -0.39 is 5.97 Å². The highest BCUT2D eigenvalue weighted by Crippen LogP contribution is 2.15. The summed E-state index contributed by atoms with van der Waals surface area (Å²) in [5.41, 5.74) is 6.00. The van der Waals surface area contributed by atoms with E-state index in [1.165, 1.54) is 0 Å². The molecule has 0 unspecified atom stereocenters. The topological polar surface area (TPSA) is 99.2 Å². The van der Waals surface area contributed by atoms with E-state index in [1.807, 2.05) is 13.8 Å². The second kappa shape index (κ2) is 6.93. The summed E-state index contributed by atoms with van der Waals surface area (Å²) >= 11 is 0. The summed E-state index contributed by atoms with van der Waals surface area (Å²) in [7, 11) is 0. The van der Waals surface area contributed by atoms with Gasteiger partial charge in [0, 0.05) is 19.0 Å². The molecular formula is C13H22N4O3. The van der Waals surface area contributed by atoms with Crippen LogP contribution in [0.4, 0.5) is 5.82 Å². The molecule has 0 radical (unpaired) electrons. The van der Waals surface area contributed by atoms with Crippen LogP contribution in [0.3, 0.4) is 0 Å². The van der Waals surface area contributed by atoms with Crippen LogP contribution in [-0.4, -0.2) is 34.1 Å². The number of esters is 1. The smallest absolute Gasteiger partial charge is 0.360 e. The van der Waals surface area contributed by atoms with Gasteiger partial charge in [0.05, 0.1) is 6.61 Å². The molecule has 7 heteroatoms. The van der Waals surface area contributed by atoms with E-state index in [9.17, 15) is 9.59 Å². The molecule has 0 saturated heterocycles. The molecular weight excluding hydrogens is 260 g/mol. The van der Waals surface area contributed by atoms with Gasteiger partial charge in [-0.3, -0.25) is 4.79 Å². The number of nitrogen functional groups attached to an aromatic ring is 1. The zero-order valence-electron chi connectivity index (χ0n) is 12.4. The molecule has 20 heavy (non-hydrogen) atoms. The fourth-order valence-electron chi connectivity index (χ4n) is 1.82. The molecule has 0 atom stereocenters. The van der Waals surface area contributed by atoms with E-state index in [1.54, 1.807) is 18.4 Å². The SMILES string of the molecule is CCOC(=O)c1nc(C)n(CCC(=O)NC(C)C)c1N. The zero-order valence-corrected chi connectivity index (χ0v) is 12.4. The van der Waals surface area contributed by atoms with Crippen molar-refractivity contribution in [3.8, 4) is 0 Å². The Hall–Kier alpha value is -2.05. The second-order valence-electron chi connectivity index (χ2n) is 4.74. The van der Waals surface area contributed by atoms with Crippen molar-refractivity contribution in [2.24, 2.45) is 0 Å². The molecule has 1 rings (SSSR count). The predicted molar refractivity (Wildman–Crippen MR) is 75.2 cm³/mol. The van der Waals surface area contributed by atoms with E-state index in [4.69, 9.17) is 10.5 Å². The van der Waals surface area contributed by atoms with E-state index in [2.05, 4.69) is 10.3 Å². The maximum Gasteiger partial charge on any atom is 0.360 e. The number of amides is 1. The highest BCUT2D eigenvalue weighted by atomic mass is 16.5. The third-order valence-electron chi connectivity index (χ3n) is 2.68. The number of rotatable bonds is 6. The van der Waals surface area contributed by atoms with Crippen molar-refractivity contribution in [2.75, 3.05) is 12.3 Å². The summed E-state index contributed by atoms with van der Waals surface area (Å²) in [4.78, 5) is 27.4. The largest absolute Gasteiger partial charge is 0.461 e. The zero-order chi connectivity index (χ0) is 15.3. The molecule has 0 aliphatic carbocycles. The van der Waals surface area contributed by atoms with Crippen LogP contribution in [0.1, 0.15) is 43.5 Å². The number of anilines is 1. The number of ether oxygens (including phenoxy) is 1. The molecule has 0 aliphatic heterocycles. The normalized spacial score (nSPS) is 10.7. The average Bonchev–Trinajstić information content (AvgIpc) is 2.62. The monoisotopic (exact) mass is 282 g/mol. The molecule has 0 aliphatic rings. The number of aryl methyl sites for hydroxylation is 1. The number of carbonyl (C=O) groups excluding carboxylic acids is 2. The number of hydrogen-bond acceptors (Lipinski definition) is 5. The van der Waals surface area contributed by atoms with Crippen molar-refractivity contribution < 1.29 is 14.3 Å². The Morgan fingerprint density at radius 1 is 1.45 bits per heavy atom. The first kappa shape index (κ1) is 16.0. The lowest BCUT2D eigenvalue weighted by Crippen LogP contribution is -2.30. The Bertz CT molecular complexity index is 494. The maximum atomic E-state index is 11.7. The molecule has 0 fully saturated rings. The molecule has 1 heterocycles. The van der Waals surface area contributed by atoms with Crippen molar-refractivity contribution in [3.63, 3.8) is 0 Å². The Kier molecular flexibility index (Phi) is 5.54. The fraction of sp³-hybridized carbons (Fsp3) is 0.615. The Labute approximate surface area is 118 Å². The van der Waals surface area contributed by atoms with Crippen molar-refractivity contribution >= 4 is 17.7 Å². The predicted octanol–water partition coefficient (Wildman–Crippen LogP) is 0.865. The minimum atomic E-state index is -0.543. The van der Waals surface area contributed by atoms with Gasteiger partial charge in [-0.1, -0.05) is 0 Å². The number of nitrogens with zero attached hydrogens (tertiary/aromatic N) is 2. The third kappa shape index (κ3) is 3.97. The Morgan fingerprint density at radius 3 is 2.65 bits per heavy atom. The highest BCUT2D eigenvalue weighted by Gasteiger charge is 2.19. The van der Waals surface area contributed by atoms with Gasteiger partial charge in [-0.05, 0) is 27.7 Å². The molecule has 0 aromatic carbocycles. The lowest BCUT2D eigenvalue weighted by atomic mass is 10.3. The van der Waals surface area contributed by atoms with E-state index in [0.29, 0.717) is 12.4 Å². The molecule has 0 saturated carbocycles. The van der Waals surface area contributed by atoms with Crippen LogP contribution in [0.5, 0.6) is 0 Å². The van der Waals surface area contributed by atoms with Crippen LogP contribution in [0.25, 0.3) is 0 Å². The van der Waals surface area contributed by atoms with Crippen molar-refractivity contribution in [2.45, 2.75) is 46.7 Å². The van der Waals surface area contributed by atoms with Gasteiger partial charge in [-0.15, -0.1) is 0 Å². The Balaban J connectivity index is 2.76. The first-order valence-electron chi connectivity index (χ1n) is 6.65. The van der Waals surface area contributed by atoms with E-state index in [-0.39, 0.29) is 36.5 Å². The second-order valence-corrected chi connectivity index (χ2v) is 4.74. The molecule has 1 aromatic rings. The molecule has 0 spiro atoms. The number of aromatic nitrogens is 2. The van der Waals surface area contributed by atoms with Gasteiger partial charge in [-0.25, -0.2) is 9.78 Å². The van der Waals surface area contributed by atoms with Gasteiger partial charge >= 0.3 is 5.97 Å². The Morgan fingerprint density at radius 2 is 2.10 bits per heavy atom. The quantitative estimate of drug-likeness (QED) is 0.754. The summed E-state index contributed by atoms with van der Waals surface area (Å²) in [6, 6.07) is 0.0961. The number of nitrogens with one attached hydrogen (secondary N) is 1. The molecule has 7 nitrogen and oxygen atoms in total. The van der Waals surface area contributed by atoms with Gasteiger partial charge in [0.25, 0.3) is 0 Å². The van der Waals surface area contributed by atoms with E-state index >= 15 is 0 Å². The first-order valence-corrected chi connectivity index (χ1v) is 6.65. The minimum Gasteiger partial charge on any atom is -0.461 e. The maximum absolute atomic E-state index is 11.7. The molecule has 0 bridgehead atoms.